The minimum Gasteiger partial charge on any atom is -0.317 e. The van der Waals surface area contributed by atoms with Gasteiger partial charge in [-0.3, -0.25) is 0 Å². The van der Waals surface area contributed by atoms with Crippen molar-refractivity contribution in [3.05, 3.63) is 34.9 Å². The lowest BCUT2D eigenvalue weighted by molar-refractivity contribution is 0.528. The third kappa shape index (κ3) is 4.38. The summed E-state index contributed by atoms with van der Waals surface area (Å²) in [5.41, 5.74) is 1.29. The second-order valence-corrected chi connectivity index (χ2v) is 4.00. The summed E-state index contributed by atoms with van der Waals surface area (Å²) >= 11 is 5.82. The van der Waals surface area contributed by atoms with E-state index in [0.717, 1.165) is 24.3 Å². The zero-order valence-corrected chi connectivity index (χ0v) is 9.72. The first kappa shape index (κ1) is 12.1. The molecule has 0 aliphatic rings. The third-order valence-electron chi connectivity index (χ3n) is 2.44. The molecule has 2 heteroatoms. The van der Waals surface area contributed by atoms with Crippen LogP contribution in [0.4, 0.5) is 0 Å². The number of likely N-dealkylation sites (N-methyl/N-ethyl adjacent to an activating group) is 1. The van der Waals surface area contributed by atoms with Crippen molar-refractivity contribution >= 4 is 11.6 Å². The fourth-order valence-electron chi connectivity index (χ4n) is 1.51. The molecular formula is C13H16ClN. The zero-order chi connectivity index (χ0) is 11.1. The third-order valence-corrected chi connectivity index (χ3v) is 2.69. The van der Waals surface area contributed by atoms with Crippen molar-refractivity contribution in [2.24, 2.45) is 0 Å². The van der Waals surface area contributed by atoms with Gasteiger partial charge >= 0.3 is 0 Å². The molecule has 0 aliphatic heterocycles. The SMILES string of the molecule is C#CCCC(Cc1ccc(Cl)cc1)NC. The van der Waals surface area contributed by atoms with Gasteiger partial charge in [0.05, 0.1) is 0 Å². The molecule has 0 aromatic heterocycles. The first-order valence-corrected chi connectivity index (χ1v) is 5.49. The average Bonchev–Trinajstić information content (AvgIpc) is 2.27. The van der Waals surface area contributed by atoms with Gasteiger partial charge in [-0.2, -0.15) is 0 Å². The van der Waals surface area contributed by atoms with Crippen LogP contribution in [0.2, 0.25) is 5.02 Å². The molecule has 1 atom stereocenters. The van der Waals surface area contributed by atoms with Crippen molar-refractivity contribution in [3.8, 4) is 12.3 Å². The molecule has 1 N–H and O–H groups in total. The number of rotatable bonds is 5. The highest BCUT2D eigenvalue weighted by atomic mass is 35.5. The van der Waals surface area contributed by atoms with Crippen LogP contribution in [0.5, 0.6) is 0 Å². The Labute approximate surface area is 96.8 Å². The summed E-state index contributed by atoms with van der Waals surface area (Å²) in [4.78, 5) is 0. The number of nitrogens with one attached hydrogen (secondary N) is 1. The number of terminal acetylenes is 1. The second-order valence-electron chi connectivity index (χ2n) is 3.56. The highest BCUT2D eigenvalue weighted by Crippen LogP contribution is 2.12. The molecule has 0 radical (unpaired) electrons. The van der Waals surface area contributed by atoms with Gasteiger partial charge in [0, 0.05) is 17.5 Å². The van der Waals surface area contributed by atoms with Crippen LogP contribution in [0.1, 0.15) is 18.4 Å². The highest BCUT2D eigenvalue weighted by molar-refractivity contribution is 6.30. The molecule has 0 spiro atoms. The van der Waals surface area contributed by atoms with Crippen LogP contribution in [-0.4, -0.2) is 13.1 Å². The van der Waals surface area contributed by atoms with E-state index in [1.807, 2.05) is 19.2 Å². The average molecular weight is 222 g/mol. The van der Waals surface area contributed by atoms with Crippen LogP contribution in [0, 0.1) is 12.3 Å². The molecule has 0 amide bonds. The maximum atomic E-state index is 5.82. The van der Waals surface area contributed by atoms with E-state index < -0.39 is 0 Å². The summed E-state index contributed by atoms with van der Waals surface area (Å²) in [6, 6.07) is 8.41. The van der Waals surface area contributed by atoms with Gasteiger partial charge in [0.1, 0.15) is 0 Å². The maximum absolute atomic E-state index is 5.82. The molecule has 1 unspecified atom stereocenters. The molecular weight excluding hydrogens is 206 g/mol. The first-order valence-electron chi connectivity index (χ1n) is 5.11. The minimum atomic E-state index is 0.447. The van der Waals surface area contributed by atoms with Crippen molar-refractivity contribution in [1.29, 1.82) is 0 Å². The molecule has 0 saturated carbocycles. The Morgan fingerprint density at radius 2 is 2.07 bits per heavy atom. The summed E-state index contributed by atoms with van der Waals surface area (Å²) < 4.78 is 0. The molecule has 1 aromatic carbocycles. The van der Waals surface area contributed by atoms with Crippen LogP contribution >= 0.6 is 11.6 Å². The minimum absolute atomic E-state index is 0.447. The quantitative estimate of drug-likeness (QED) is 0.754. The standard InChI is InChI=1S/C13H16ClN/c1-3-4-5-13(15-2)10-11-6-8-12(14)9-7-11/h1,6-9,13,15H,4-5,10H2,2H3. The molecule has 1 nitrogen and oxygen atoms in total. The van der Waals surface area contributed by atoms with Gasteiger partial charge in [0.25, 0.3) is 0 Å². The summed E-state index contributed by atoms with van der Waals surface area (Å²) in [6.45, 7) is 0. The van der Waals surface area contributed by atoms with Gasteiger partial charge in [-0.25, -0.2) is 0 Å². The van der Waals surface area contributed by atoms with E-state index in [4.69, 9.17) is 18.0 Å². The van der Waals surface area contributed by atoms with Gasteiger partial charge in [-0.1, -0.05) is 23.7 Å². The lowest BCUT2D eigenvalue weighted by Gasteiger charge is -2.14. The van der Waals surface area contributed by atoms with Gasteiger partial charge in [-0.15, -0.1) is 12.3 Å². The summed E-state index contributed by atoms with van der Waals surface area (Å²) in [5.74, 6) is 2.67. The fourth-order valence-corrected chi connectivity index (χ4v) is 1.64. The van der Waals surface area contributed by atoms with Crippen molar-refractivity contribution in [2.45, 2.75) is 25.3 Å². The van der Waals surface area contributed by atoms with Gasteiger partial charge in [0.15, 0.2) is 0 Å². The number of benzene rings is 1. The predicted molar refractivity (Wildman–Crippen MR) is 66.1 cm³/mol. The van der Waals surface area contributed by atoms with Crippen LogP contribution in [0.3, 0.4) is 0 Å². The van der Waals surface area contributed by atoms with Crippen LogP contribution in [-0.2, 0) is 6.42 Å². The van der Waals surface area contributed by atoms with Gasteiger partial charge < -0.3 is 5.32 Å². The predicted octanol–water partition coefficient (Wildman–Crippen LogP) is 2.88. The topological polar surface area (TPSA) is 12.0 Å². The second kappa shape index (κ2) is 6.50. The number of hydrogen-bond acceptors (Lipinski definition) is 1. The van der Waals surface area contributed by atoms with E-state index in [0.29, 0.717) is 6.04 Å². The van der Waals surface area contributed by atoms with Gasteiger partial charge in [0.2, 0.25) is 0 Å². The van der Waals surface area contributed by atoms with Crippen molar-refractivity contribution in [3.63, 3.8) is 0 Å². The Bertz CT molecular complexity index is 323. The lowest BCUT2D eigenvalue weighted by atomic mass is 10.0. The Morgan fingerprint density at radius 3 is 2.60 bits per heavy atom. The van der Waals surface area contributed by atoms with E-state index >= 15 is 0 Å². The molecule has 80 valence electrons. The molecule has 0 heterocycles. The monoisotopic (exact) mass is 221 g/mol. The summed E-state index contributed by atoms with van der Waals surface area (Å²) in [5, 5.41) is 4.05. The highest BCUT2D eigenvalue weighted by Gasteiger charge is 2.05. The van der Waals surface area contributed by atoms with Crippen molar-refractivity contribution < 1.29 is 0 Å². The summed E-state index contributed by atoms with van der Waals surface area (Å²) in [6.07, 6.45) is 8.07. The smallest absolute Gasteiger partial charge is 0.0406 e. The van der Waals surface area contributed by atoms with Crippen LogP contribution in [0.25, 0.3) is 0 Å². The van der Waals surface area contributed by atoms with Crippen LogP contribution in [0.15, 0.2) is 24.3 Å². The molecule has 0 fully saturated rings. The molecule has 1 rings (SSSR count). The molecule has 0 bridgehead atoms. The summed E-state index contributed by atoms with van der Waals surface area (Å²) in [7, 11) is 1.97. The Balaban J connectivity index is 2.51. The lowest BCUT2D eigenvalue weighted by Crippen LogP contribution is -2.27. The Hall–Kier alpha value is -0.970. The Morgan fingerprint density at radius 1 is 1.40 bits per heavy atom. The van der Waals surface area contributed by atoms with E-state index in [2.05, 4.69) is 23.4 Å². The van der Waals surface area contributed by atoms with E-state index in [-0.39, 0.29) is 0 Å². The fraction of sp³-hybridized carbons (Fsp3) is 0.385. The number of hydrogen-bond donors (Lipinski definition) is 1. The largest absolute Gasteiger partial charge is 0.317 e. The van der Waals surface area contributed by atoms with Gasteiger partial charge in [-0.05, 0) is 37.6 Å². The molecule has 15 heavy (non-hydrogen) atoms. The normalized spacial score (nSPS) is 12.1. The molecule has 0 saturated heterocycles. The van der Waals surface area contributed by atoms with E-state index in [9.17, 15) is 0 Å². The zero-order valence-electron chi connectivity index (χ0n) is 8.96. The molecule has 0 aliphatic carbocycles. The van der Waals surface area contributed by atoms with E-state index in [1.165, 1.54) is 5.56 Å². The first-order chi connectivity index (χ1) is 7.26. The van der Waals surface area contributed by atoms with E-state index in [1.54, 1.807) is 0 Å². The maximum Gasteiger partial charge on any atom is 0.0406 e. The van der Waals surface area contributed by atoms with Crippen molar-refractivity contribution in [1.82, 2.24) is 5.32 Å². The van der Waals surface area contributed by atoms with Crippen molar-refractivity contribution in [2.75, 3.05) is 7.05 Å². The molecule has 1 aromatic rings. The Kier molecular flexibility index (Phi) is 5.25. The van der Waals surface area contributed by atoms with Crippen LogP contribution < -0.4 is 5.32 Å². The number of halogens is 1.